The molecule has 2 aliphatic heterocycles. The minimum atomic E-state index is -0.976. The molecule has 0 atom stereocenters. The molecule has 6 rings (SSSR count). The molecule has 3 aromatic rings. The summed E-state index contributed by atoms with van der Waals surface area (Å²) in [6.45, 7) is 5.82. The molecule has 1 amide bonds. The summed E-state index contributed by atoms with van der Waals surface area (Å²) >= 11 is 0. The first kappa shape index (κ1) is 22.2. The molecule has 10 nitrogen and oxygen atoms in total. The maximum Gasteiger partial charge on any atom is 0.226 e. The summed E-state index contributed by atoms with van der Waals surface area (Å²) in [5.41, 5.74) is 1.29. The minimum Gasteiger partial charge on any atom is -0.393 e. The van der Waals surface area contributed by atoms with Gasteiger partial charge in [-0.15, -0.1) is 0 Å². The topological polar surface area (TPSA) is 120 Å². The van der Waals surface area contributed by atoms with Crippen LogP contribution >= 0.6 is 0 Å². The van der Waals surface area contributed by atoms with Gasteiger partial charge in [0, 0.05) is 32.1 Å². The number of aliphatic hydroxyl groups is 2. The fourth-order valence-corrected chi connectivity index (χ4v) is 5.17. The molecule has 3 fully saturated rings. The monoisotopic (exact) mass is 477 g/mol. The van der Waals surface area contributed by atoms with Crippen molar-refractivity contribution >= 4 is 28.7 Å². The zero-order valence-electron chi connectivity index (χ0n) is 20.1. The van der Waals surface area contributed by atoms with Crippen molar-refractivity contribution in [1.29, 1.82) is 0 Å². The van der Waals surface area contributed by atoms with Gasteiger partial charge in [-0.25, -0.2) is 4.68 Å². The number of carbonyl (C=O) groups is 1. The number of rotatable bonds is 6. The van der Waals surface area contributed by atoms with Crippen LogP contribution in [0.4, 0.5) is 11.8 Å². The zero-order valence-corrected chi connectivity index (χ0v) is 20.1. The van der Waals surface area contributed by atoms with Crippen molar-refractivity contribution in [2.24, 2.45) is 0 Å². The summed E-state index contributed by atoms with van der Waals surface area (Å²) in [5, 5.41) is 29.0. The lowest BCUT2D eigenvalue weighted by Crippen LogP contribution is -2.60. The molecule has 0 radical (unpaired) electrons. The Morgan fingerprint density at radius 2 is 1.97 bits per heavy atom. The summed E-state index contributed by atoms with van der Waals surface area (Å²) in [4.78, 5) is 26.0. The molecule has 1 aliphatic carbocycles. The van der Waals surface area contributed by atoms with Crippen molar-refractivity contribution in [3.05, 3.63) is 36.0 Å². The number of nitrogens with zero attached hydrogens (tertiary/aromatic N) is 6. The maximum atomic E-state index is 12.2. The Bertz CT molecular complexity index is 1270. The molecule has 10 heteroatoms. The highest BCUT2D eigenvalue weighted by molar-refractivity contribution is 5.90. The quantitative estimate of drug-likeness (QED) is 0.492. The van der Waals surface area contributed by atoms with Gasteiger partial charge in [0.25, 0.3) is 0 Å². The third-order valence-electron chi connectivity index (χ3n) is 7.36. The van der Waals surface area contributed by atoms with E-state index < -0.39 is 5.60 Å². The van der Waals surface area contributed by atoms with Gasteiger partial charge in [0.2, 0.25) is 11.9 Å². The Morgan fingerprint density at radius 3 is 2.66 bits per heavy atom. The van der Waals surface area contributed by atoms with E-state index in [0.29, 0.717) is 30.9 Å². The molecule has 35 heavy (non-hydrogen) atoms. The molecule has 0 spiro atoms. The highest BCUT2D eigenvalue weighted by atomic mass is 16.3. The number of likely N-dealkylation sites (tertiary alicyclic amines) is 1. The van der Waals surface area contributed by atoms with Gasteiger partial charge in [0.05, 0.1) is 35.0 Å². The average molecular weight is 478 g/mol. The molecular weight excluding hydrogens is 446 g/mol. The van der Waals surface area contributed by atoms with E-state index in [2.05, 4.69) is 15.3 Å². The predicted octanol–water partition coefficient (Wildman–Crippen LogP) is 1.79. The first-order chi connectivity index (χ1) is 16.8. The van der Waals surface area contributed by atoms with Crippen LogP contribution in [-0.4, -0.2) is 78.6 Å². The third kappa shape index (κ3) is 4.00. The van der Waals surface area contributed by atoms with Gasteiger partial charge in [-0.2, -0.15) is 15.1 Å². The van der Waals surface area contributed by atoms with Crippen LogP contribution in [0, 0.1) is 0 Å². The van der Waals surface area contributed by atoms with Crippen LogP contribution < -0.4 is 10.2 Å². The van der Waals surface area contributed by atoms with E-state index in [1.165, 1.54) is 0 Å². The fraction of sp³-hybridized carbons (Fsp3) is 0.520. The number of carbonyl (C=O) groups excluding carboxylic acids is 1. The third-order valence-corrected chi connectivity index (χ3v) is 7.36. The SMILES string of the molecule is CC(C)(O)c1cccc(-n2ncc3c(N4CC(N5CCCC5=O)C4)nc(N[C@H]4C[C@@H](O)C4)nc32)c1. The smallest absolute Gasteiger partial charge is 0.226 e. The summed E-state index contributed by atoms with van der Waals surface area (Å²) in [6, 6.07) is 8.01. The molecule has 2 aromatic heterocycles. The van der Waals surface area contributed by atoms with Gasteiger partial charge in [0.15, 0.2) is 5.65 Å². The number of hydrogen-bond donors (Lipinski definition) is 3. The van der Waals surface area contributed by atoms with Crippen molar-refractivity contribution in [1.82, 2.24) is 24.6 Å². The van der Waals surface area contributed by atoms with Crippen molar-refractivity contribution in [2.45, 2.75) is 63.3 Å². The Kier molecular flexibility index (Phi) is 5.19. The Hall–Kier alpha value is -3.24. The number of benzene rings is 1. The Morgan fingerprint density at radius 1 is 1.17 bits per heavy atom. The van der Waals surface area contributed by atoms with E-state index in [0.717, 1.165) is 48.5 Å². The first-order valence-corrected chi connectivity index (χ1v) is 12.3. The van der Waals surface area contributed by atoms with E-state index in [1.54, 1.807) is 24.7 Å². The summed E-state index contributed by atoms with van der Waals surface area (Å²) < 4.78 is 1.78. The van der Waals surface area contributed by atoms with Crippen molar-refractivity contribution < 1.29 is 15.0 Å². The minimum absolute atomic E-state index is 0.136. The summed E-state index contributed by atoms with van der Waals surface area (Å²) in [5.74, 6) is 1.54. The number of amides is 1. The predicted molar refractivity (Wildman–Crippen MR) is 132 cm³/mol. The molecule has 1 saturated carbocycles. The molecular formula is C25H31N7O3. The van der Waals surface area contributed by atoms with Crippen LogP contribution in [0.5, 0.6) is 0 Å². The second-order valence-corrected chi connectivity index (χ2v) is 10.5. The number of nitrogens with one attached hydrogen (secondary N) is 1. The van der Waals surface area contributed by atoms with Crippen LogP contribution in [-0.2, 0) is 10.4 Å². The fourth-order valence-electron chi connectivity index (χ4n) is 5.17. The second kappa shape index (κ2) is 8.17. The van der Waals surface area contributed by atoms with Crippen molar-refractivity contribution in [2.75, 3.05) is 29.9 Å². The van der Waals surface area contributed by atoms with E-state index in [4.69, 9.17) is 9.97 Å². The largest absolute Gasteiger partial charge is 0.393 e. The molecule has 3 N–H and O–H groups in total. The van der Waals surface area contributed by atoms with E-state index in [1.807, 2.05) is 29.2 Å². The molecule has 0 unspecified atom stereocenters. The Labute approximate surface area is 203 Å². The van der Waals surface area contributed by atoms with Crippen LogP contribution in [0.2, 0.25) is 0 Å². The maximum absolute atomic E-state index is 12.2. The highest BCUT2D eigenvalue weighted by Crippen LogP contribution is 2.33. The van der Waals surface area contributed by atoms with E-state index in [9.17, 15) is 15.0 Å². The van der Waals surface area contributed by atoms with Crippen LogP contribution in [0.15, 0.2) is 30.5 Å². The van der Waals surface area contributed by atoms with Gasteiger partial charge in [0.1, 0.15) is 5.82 Å². The Balaban J connectivity index is 1.36. The molecule has 2 saturated heterocycles. The number of anilines is 2. The molecule has 1 aromatic carbocycles. The van der Waals surface area contributed by atoms with Gasteiger partial charge < -0.3 is 25.3 Å². The van der Waals surface area contributed by atoms with E-state index >= 15 is 0 Å². The van der Waals surface area contributed by atoms with Crippen LogP contribution in [0.3, 0.4) is 0 Å². The average Bonchev–Trinajstić information content (AvgIpc) is 3.38. The van der Waals surface area contributed by atoms with Crippen LogP contribution in [0.25, 0.3) is 16.7 Å². The lowest BCUT2D eigenvalue weighted by atomic mass is 9.90. The number of aliphatic hydroxyl groups excluding tert-OH is 1. The highest BCUT2D eigenvalue weighted by Gasteiger charge is 2.38. The van der Waals surface area contributed by atoms with Crippen molar-refractivity contribution in [3.63, 3.8) is 0 Å². The lowest BCUT2D eigenvalue weighted by molar-refractivity contribution is -0.130. The lowest BCUT2D eigenvalue weighted by Gasteiger charge is -2.44. The second-order valence-electron chi connectivity index (χ2n) is 10.5. The molecule has 3 aliphatic rings. The summed E-state index contributed by atoms with van der Waals surface area (Å²) in [7, 11) is 0. The standard InChI is InChI=1S/C25H31N7O3/c1-25(2,35)15-5-3-6-17(9-15)32-23-20(12-26-32)22(28-24(29-23)27-16-10-19(33)11-16)30-13-18(14-30)31-8-4-7-21(31)34/h3,5-6,9,12,16,18-19,33,35H,4,7-8,10-11,13-14H2,1-2H3,(H,27,28,29)/t16-,19+. The summed E-state index contributed by atoms with van der Waals surface area (Å²) in [6.07, 6.45) is 4.43. The first-order valence-electron chi connectivity index (χ1n) is 12.3. The van der Waals surface area contributed by atoms with Crippen LogP contribution in [0.1, 0.15) is 45.1 Å². The van der Waals surface area contributed by atoms with Gasteiger partial charge in [-0.1, -0.05) is 12.1 Å². The number of hydrogen-bond acceptors (Lipinski definition) is 8. The molecule has 0 bridgehead atoms. The van der Waals surface area contributed by atoms with Gasteiger partial charge >= 0.3 is 0 Å². The molecule has 184 valence electrons. The number of aromatic nitrogens is 4. The number of fused-ring (bicyclic) bond motifs is 1. The zero-order chi connectivity index (χ0) is 24.3. The molecule has 4 heterocycles. The van der Waals surface area contributed by atoms with Gasteiger partial charge in [-0.3, -0.25) is 4.79 Å². The van der Waals surface area contributed by atoms with Gasteiger partial charge in [-0.05, 0) is 50.8 Å². The normalized spacial score (nSPS) is 23.0. The van der Waals surface area contributed by atoms with E-state index in [-0.39, 0.29) is 24.1 Å². The van der Waals surface area contributed by atoms with Crippen molar-refractivity contribution in [3.8, 4) is 5.69 Å².